The molecule has 2 aromatic carbocycles. The van der Waals surface area contributed by atoms with E-state index in [0.29, 0.717) is 5.69 Å². The van der Waals surface area contributed by atoms with Crippen molar-refractivity contribution in [2.45, 2.75) is 13.5 Å². The van der Waals surface area contributed by atoms with Gasteiger partial charge in [0.05, 0.1) is 12.2 Å². The molecule has 0 unspecified atom stereocenters. The van der Waals surface area contributed by atoms with Crippen LogP contribution in [0.4, 0.5) is 0 Å². The second-order valence-electron chi connectivity index (χ2n) is 6.31. The van der Waals surface area contributed by atoms with Crippen molar-refractivity contribution < 1.29 is 4.79 Å². The molecule has 2 aromatic heterocycles. The Morgan fingerprint density at radius 1 is 1.07 bits per heavy atom. The number of carbonyl (C=O) groups excluding carboxylic acids is 1. The zero-order valence-electron chi connectivity index (χ0n) is 14.8. The topological polar surface area (TPSA) is 79.8 Å². The van der Waals surface area contributed by atoms with Crippen LogP contribution in [0.25, 0.3) is 16.6 Å². The maximum atomic E-state index is 12.5. The summed E-state index contributed by atoms with van der Waals surface area (Å²) in [7, 11) is 0. The molecule has 0 aliphatic carbocycles. The lowest BCUT2D eigenvalue weighted by molar-refractivity contribution is 0.0942. The first-order valence-electron chi connectivity index (χ1n) is 8.63. The Hall–Kier alpha value is -3.67. The average molecular weight is 358 g/mol. The molecule has 0 spiro atoms. The highest BCUT2D eigenvalue weighted by Gasteiger charge is 2.15. The molecular weight excluding hydrogens is 340 g/mol. The quantitative estimate of drug-likeness (QED) is 0.589. The van der Waals surface area contributed by atoms with Crippen molar-refractivity contribution in [3.63, 3.8) is 0 Å². The number of nitrogens with one attached hydrogen (secondary N) is 2. The normalized spacial score (nSPS) is 10.9. The monoisotopic (exact) mass is 358 g/mol. The smallest absolute Gasteiger partial charge is 0.276 e. The van der Waals surface area contributed by atoms with Crippen molar-refractivity contribution in [1.29, 1.82) is 0 Å². The number of hydrogen-bond donors (Lipinski definition) is 2. The third-order valence-electron chi connectivity index (χ3n) is 4.35. The van der Waals surface area contributed by atoms with Crippen molar-refractivity contribution in [2.75, 3.05) is 0 Å². The lowest BCUT2D eigenvalue weighted by Crippen LogP contribution is -2.31. The highest BCUT2D eigenvalue weighted by Crippen LogP contribution is 2.14. The van der Waals surface area contributed by atoms with E-state index >= 15 is 0 Å². The Bertz CT molecular complexity index is 1140. The lowest BCUT2D eigenvalue weighted by Gasteiger charge is -2.11. The van der Waals surface area contributed by atoms with E-state index in [1.165, 1.54) is 6.07 Å². The number of para-hydroxylation sites is 2. The van der Waals surface area contributed by atoms with Crippen LogP contribution >= 0.6 is 0 Å². The summed E-state index contributed by atoms with van der Waals surface area (Å²) in [6.45, 7) is 2.07. The molecule has 27 heavy (non-hydrogen) atoms. The highest BCUT2D eigenvalue weighted by molar-refractivity contribution is 5.92. The van der Waals surface area contributed by atoms with Crippen LogP contribution in [0, 0.1) is 6.92 Å². The van der Waals surface area contributed by atoms with Crippen LogP contribution in [0.2, 0.25) is 0 Å². The largest absolute Gasteiger partial charge is 0.357 e. The minimum Gasteiger partial charge on any atom is -0.357 e. The van der Waals surface area contributed by atoms with Crippen LogP contribution in [-0.2, 0) is 6.54 Å². The molecule has 0 radical (unpaired) electrons. The van der Waals surface area contributed by atoms with Gasteiger partial charge in [0, 0.05) is 23.0 Å². The maximum absolute atomic E-state index is 12.5. The molecule has 0 saturated carbocycles. The highest BCUT2D eigenvalue weighted by atomic mass is 16.2. The molecule has 134 valence electrons. The van der Waals surface area contributed by atoms with Crippen molar-refractivity contribution in [3.05, 3.63) is 94.0 Å². The number of carbonyl (C=O) groups is 1. The van der Waals surface area contributed by atoms with Crippen LogP contribution < -0.4 is 10.7 Å². The van der Waals surface area contributed by atoms with Crippen LogP contribution in [0.5, 0.6) is 0 Å². The average Bonchev–Trinajstić information content (AvgIpc) is 3.10. The lowest BCUT2D eigenvalue weighted by atomic mass is 10.2. The van der Waals surface area contributed by atoms with E-state index in [9.17, 15) is 9.59 Å². The van der Waals surface area contributed by atoms with Crippen LogP contribution in [-0.4, -0.2) is 20.7 Å². The zero-order chi connectivity index (χ0) is 18.8. The van der Waals surface area contributed by atoms with Crippen molar-refractivity contribution in [2.24, 2.45) is 0 Å². The minimum atomic E-state index is -0.497. The number of amides is 1. The summed E-state index contributed by atoms with van der Waals surface area (Å²) in [6, 6.07) is 20.7. The summed E-state index contributed by atoms with van der Waals surface area (Å²) < 4.78 is 1.60. The van der Waals surface area contributed by atoms with Gasteiger partial charge >= 0.3 is 0 Å². The number of benzene rings is 2. The van der Waals surface area contributed by atoms with Gasteiger partial charge in [-0.05, 0) is 36.6 Å². The molecule has 2 heterocycles. The summed E-state index contributed by atoms with van der Waals surface area (Å²) >= 11 is 0. The van der Waals surface area contributed by atoms with Gasteiger partial charge in [-0.2, -0.15) is 5.10 Å². The number of hydrogen-bond acceptors (Lipinski definition) is 3. The number of fused-ring (bicyclic) bond motifs is 1. The van der Waals surface area contributed by atoms with Gasteiger partial charge in [-0.1, -0.05) is 36.4 Å². The second-order valence-corrected chi connectivity index (χ2v) is 6.31. The van der Waals surface area contributed by atoms with Crippen molar-refractivity contribution in [1.82, 2.24) is 20.1 Å². The summed E-state index contributed by atoms with van der Waals surface area (Å²) in [5, 5.41) is 8.12. The first-order valence-corrected chi connectivity index (χ1v) is 8.63. The van der Waals surface area contributed by atoms with Gasteiger partial charge in [-0.25, -0.2) is 4.68 Å². The fraction of sp³-hybridized carbons (Fsp3) is 0.0952. The SMILES string of the molecule is Cc1cc(=O)c(C(=O)NCc2cc3ccccc3[nH]2)nn1-c1ccccc1. The molecule has 4 rings (SSSR count). The summed E-state index contributed by atoms with van der Waals surface area (Å²) in [4.78, 5) is 28.1. The first-order chi connectivity index (χ1) is 13.1. The molecule has 0 atom stereocenters. The van der Waals surface area contributed by atoms with E-state index in [2.05, 4.69) is 15.4 Å². The number of aryl methyl sites for hydroxylation is 1. The Labute approximate surface area is 155 Å². The van der Waals surface area contributed by atoms with Crippen molar-refractivity contribution in [3.8, 4) is 5.69 Å². The molecule has 6 heteroatoms. The first kappa shape index (κ1) is 16.8. The number of nitrogens with zero attached hydrogens (tertiary/aromatic N) is 2. The fourth-order valence-electron chi connectivity index (χ4n) is 3.02. The number of H-pyrrole nitrogens is 1. The van der Waals surface area contributed by atoms with E-state index in [0.717, 1.165) is 22.3 Å². The molecule has 6 nitrogen and oxygen atoms in total. The van der Waals surface area contributed by atoms with Gasteiger partial charge < -0.3 is 10.3 Å². The molecule has 1 amide bonds. The molecule has 0 bridgehead atoms. The Morgan fingerprint density at radius 3 is 2.59 bits per heavy atom. The van der Waals surface area contributed by atoms with Gasteiger partial charge in [0.1, 0.15) is 0 Å². The Kier molecular flexibility index (Phi) is 4.30. The zero-order valence-corrected chi connectivity index (χ0v) is 14.8. The van der Waals surface area contributed by atoms with Gasteiger partial charge in [-0.15, -0.1) is 0 Å². The molecule has 0 aliphatic heterocycles. The van der Waals surface area contributed by atoms with E-state index < -0.39 is 11.3 Å². The molecule has 4 aromatic rings. The molecule has 0 aliphatic rings. The third kappa shape index (κ3) is 3.37. The van der Waals surface area contributed by atoms with E-state index in [1.54, 1.807) is 11.6 Å². The van der Waals surface area contributed by atoms with Gasteiger partial charge in [0.15, 0.2) is 5.69 Å². The van der Waals surface area contributed by atoms with Gasteiger partial charge in [0.25, 0.3) is 5.91 Å². The Morgan fingerprint density at radius 2 is 1.81 bits per heavy atom. The number of rotatable bonds is 4. The fourth-order valence-corrected chi connectivity index (χ4v) is 3.02. The summed E-state index contributed by atoms with van der Waals surface area (Å²) in [5.41, 5.74) is 2.80. The van der Waals surface area contributed by atoms with Crippen LogP contribution in [0.15, 0.2) is 71.5 Å². The van der Waals surface area contributed by atoms with E-state index in [1.807, 2.05) is 60.7 Å². The van der Waals surface area contributed by atoms with Crippen molar-refractivity contribution >= 4 is 16.8 Å². The standard InChI is InChI=1S/C21H18N4O2/c1-14-11-19(26)20(24-25(14)17-8-3-2-4-9-17)21(27)22-13-16-12-15-7-5-6-10-18(15)23-16/h2-12,23H,13H2,1H3,(H,22,27). The number of aromatic amines is 1. The maximum Gasteiger partial charge on any atom is 0.276 e. The van der Waals surface area contributed by atoms with Crippen LogP contribution in [0.3, 0.4) is 0 Å². The summed E-state index contributed by atoms with van der Waals surface area (Å²) in [6.07, 6.45) is 0. The van der Waals surface area contributed by atoms with E-state index in [4.69, 9.17) is 0 Å². The molecular formula is C21H18N4O2. The molecule has 0 saturated heterocycles. The molecule has 2 N–H and O–H groups in total. The van der Waals surface area contributed by atoms with Gasteiger partial charge in [-0.3, -0.25) is 9.59 Å². The van der Waals surface area contributed by atoms with Gasteiger partial charge in [0.2, 0.25) is 5.43 Å². The number of aromatic nitrogens is 3. The Balaban J connectivity index is 1.58. The summed E-state index contributed by atoms with van der Waals surface area (Å²) in [5.74, 6) is -0.497. The second kappa shape index (κ2) is 6.92. The predicted octanol–water partition coefficient (Wildman–Crippen LogP) is 2.95. The molecule has 0 fully saturated rings. The van der Waals surface area contributed by atoms with Crippen LogP contribution in [0.1, 0.15) is 21.9 Å². The predicted molar refractivity (Wildman–Crippen MR) is 104 cm³/mol. The van der Waals surface area contributed by atoms with E-state index in [-0.39, 0.29) is 12.2 Å². The third-order valence-corrected chi connectivity index (χ3v) is 4.35. The minimum absolute atomic E-state index is 0.124.